The molecule has 1 saturated heterocycles. The lowest BCUT2D eigenvalue weighted by atomic mass is 9.77. The number of carboxylic acid groups (broad SMARTS) is 1. The number of ketones is 1. The molecule has 0 bridgehead atoms. The molecule has 0 spiro atoms. The van der Waals surface area contributed by atoms with Crippen LogP contribution in [0.25, 0.3) is 0 Å². The minimum Gasteiger partial charge on any atom is -0.465 e. The first-order valence-electron chi connectivity index (χ1n) is 10.2. The van der Waals surface area contributed by atoms with Gasteiger partial charge >= 0.3 is 6.09 Å². The van der Waals surface area contributed by atoms with E-state index in [0.29, 0.717) is 36.2 Å². The van der Waals surface area contributed by atoms with Crippen LogP contribution in [-0.4, -0.2) is 40.4 Å². The fourth-order valence-electron chi connectivity index (χ4n) is 3.96. The van der Waals surface area contributed by atoms with E-state index in [4.69, 9.17) is 0 Å². The van der Waals surface area contributed by atoms with E-state index in [9.17, 15) is 19.5 Å². The minimum absolute atomic E-state index is 0.0671. The summed E-state index contributed by atoms with van der Waals surface area (Å²) >= 11 is 0. The number of hydrogen-bond acceptors (Lipinski definition) is 3. The van der Waals surface area contributed by atoms with Gasteiger partial charge in [-0.25, -0.2) is 4.79 Å². The molecule has 1 fully saturated rings. The van der Waals surface area contributed by atoms with Gasteiger partial charge in [-0.1, -0.05) is 51.1 Å². The highest BCUT2D eigenvalue weighted by atomic mass is 16.4. The fraction of sp³-hybridized carbons (Fsp3) is 0.375. The molecule has 1 heterocycles. The van der Waals surface area contributed by atoms with E-state index in [1.54, 1.807) is 36.4 Å². The highest BCUT2D eigenvalue weighted by Gasteiger charge is 2.40. The van der Waals surface area contributed by atoms with E-state index in [0.717, 1.165) is 0 Å². The fourth-order valence-corrected chi connectivity index (χ4v) is 3.96. The van der Waals surface area contributed by atoms with E-state index in [1.165, 1.54) is 4.90 Å². The molecule has 3 rings (SSSR count). The molecule has 6 heteroatoms. The average molecular weight is 408 g/mol. The van der Waals surface area contributed by atoms with Crippen molar-refractivity contribution in [3.63, 3.8) is 0 Å². The minimum atomic E-state index is -0.938. The van der Waals surface area contributed by atoms with Gasteiger partial charge in [-0.2, -0.15) is 0 Å². The van der Waals surface area contributed by atoms with Gasteiger partial charge in [-0.05, 0) is 42.5 Å². The Bertz CT molecular complexity index is 916. The number of nitrogens with zero attached hydrogens (tertiary/aromatic N) is 1. The van der Waals surface area contributed by atoms with Crippen LogP contribution < -0.4 is 5.32 Å². The van der Waals surface area contributed by atoms with Crippen molar-refractivity contribution >= 4 is 23.5 Å². The molecule has 6 nitrogen and oxygen atoms in total. The zero-order valence-corrected chi connectivity index (χ0v) is 17.6. The number of carbonyl (C=O) groups is 3. The van der Waals surface area contributed by atoms with Crippen molar-refractivity contribution in [1.82, 2.24) is 4.90 Å². The highest BCUT2D eigenvalue weighted by Crippen LogP contribution is 2.35. The molecule has 0 saturated carbocycles. The number of piperidine rings is 1. The molecule has 2 amide bonds. The van der Waals surface area contributed by atoms with Gasteiger partial charge in [0.15, 0.2) is 5.78 Å². The lowest BCUT2D eigenvalue weighted by Crippen LogP contribution is -2.53. The second-order valence-electron chi connectivity index (χ2n) is 8.84. The van der Waals surface area contributed by atoms with Crippen LogP contribution in [0, 0.1) is 11.3 Å². The predicted octanol–water partition coefficient (Wildman–Crippen LogP) is 4.66. The van der Waals surface area contributed by atoms with E-state index < -0.39 is 6.09 Å². The van der Waals surface area contributed by atoms with Crippen molar-refractivity contribution in [3.8, 4) is 0 Å². The third kappa shape index (κ3) is 4.87. The van der Waals surface area contributed by atoms with Crippen LogP contribution in [0.1, 0.15) is 49.5 Å². The molecule has 2 aromatic carbocycles. The first kappa shape index (κ1) is 21.6. The molecule has 0 aliphatic carbocycles. The molecule has 2 aromatic rings. The Labute approximate surface area is 176 Å². The van der Waals surface area contributed by atoms with E-state index >= 15 is 0 Å². The van der Waals surface area contributed by atoms with Gasteiger partial charge in [-0.15, -0.1) is 0 Å². The number of nitrogens with one attached hydrogen (secondary N) is 1. The number of benzene rings is 2. The summed E-state index contributed by atoms with van der Waals surface area (Å²) in [5, 5.41) is 12.4. The summed E-state index contributed by atoms with van der Waals surface area (Å²) in [6.45, 7) is 6.34. The maximum absolute atomic E-state index is 12.8. The lowest BCUT2D eigenvalue weighted by Gasteiger charge is -2.44. The molecule has 2 atom stereocenters. The Morgan fingerprint density at radius 2 is 1.57 bits per heavy atom. The second kappa shape index (κ2) is 8.69. The summed E-state index contributed by atoms with van der Waals surface area (Å²) in [5.74, 6) is -0.436. The normalized spacial score (nSPS) is 19.2. The van der Waals surface area contributed by atoms with Crippen molar-refractivity contribution in [2.75, 3.05) is 11.9 Å². The molecular weight excluding hydrogens is 380 g/mol. The maximum Gasteiger partial charge on any atom is 0.407 e. The number of likely N-dealkylation sites (tertiary alicyclic amines) is 1. The van der Waals surface area contributed by atoms with Crippen molar-refractivity contribution in [1.29, 1.82) is 0 Å². The van der Waals surface area contributed by atoms with Crippen LogP contribution in [-0.2, 0) is 4.79 Å². The van der Waals surface area contributed by atoms with Crippen molar-refractivity contribution in [2.24, 2.45) is 11.3 Å². The number of rotatable bonds is 4. The Hall–Kier alpha value is -3.15. The quantitative estimate of drug-likeness (QED) is 0.721. The summed E-state index contributed by atoms with van der Waals surface area (Å²) in [5.41, 5.74) is 1.55. The lowest BCUT2D eigenvalue weighted by molar-refractivity contribution is -0.122. The van der Waals surface area contributed by atoms with Crippen LogP contribution in [0.5, 0.6) is 0 Å². The standard InChI is InChI=1S/C24H28N2O4/c1-24(2,3)20-15-18(13-14-26(20)23(29)30)22(28)25-19-11-9-17(10-12-19)21(27)16-7-5-4-6-8-16/h4-12,18,20H,13-15H2,1-3H3,(H,25,28)(H,29,30). The number of hydrogen-bond donors (Lipinski definition) is 2. The third-order valence-electron chi connectivity index (χ3n) is 5.67. The summed E-state index contributed by atoms with van der Waals surface area (Å²) in [6, 6.07) is 15.7. The van der Waals surface area contributed by atoms with Crippen LogP contribution in [0.2, 0.25) is 0 Å². The Balaban J connectivity index is 1.66. The average Bonchev–Trinajstić information content (AvgIpc) is 2.73. The van der Waals surface area contributed by atoms with Gasteiger partial charge in [0.2, 0.25) is 5.91 Å². The van der Waals surface area contributed by atoms with Crippen LogP contribution in [0.3, 0.4) is 0 Å². The largest absolute Gasteiger partial charge is 0.465 e. The number of anilines is 1. The Kier molecular flexibility index (Phi) is 6.25. The maximum atomic E-state index is 12.8. The molecule has 0 aromatic heterocycles. The molecular formula is C24H28N2O4. The van der Waals surface area contributed by atoms with Crippen molar-refractivity contribution in [3.05, 3.63) is 65.7 Å². The predicted molar refractivity (Wildman–Crippen MR) is 116 cm³/mol. The molecule has 2 N–H and O–H groups in total. The molecule has 1 aliphatic heterocycles. The van der Waals surface area contributed by atoms with E-state index in [-0.39, 0.29) is 29.1 Å². The number of amides is 2. The Morgan fingerprint density at radius 3 is 2.13 bits per heavy atom. The topological polar surface area (TPSA) is 86.7 Å². The highest BCUT2D eigenvalue weighted by molar-refractivity contribution is 6.09. The first-order chi connectivity index (χ1) is 14.2. The summed E-state index contributed by atoms with van der Waals surface area (Å²) < 4.78 is 0. The van der Waals surface area contributed by atoms with Crippen LogP contribution in [0.15, 0.2) is 54.6 Å². The van der Waals surface area contributed by atoms with Gasteiger partial charge in [-0.3, -0.25) is 9.59 Å². The SMILES string of the molecule is CC(C)(C)C1CC(C(=O)Nc2ccc(C(=O)c3ccccc3)cc2)CCN1C(=O)O. The third-order valence-corrected chi connectivity index (χ3v) is 5.67. The first-order valence-corrected chi connectivity index (χ1v) is 10.2. The van der Waals surface area contributed by atoms with E-state index in [1.807, 2.05) is 39.0 Å². The van der Waals surface area contributed by atoms with Gasteiger partial charge in [0, 0.05) is 35.3 Å². The van der Waals surface area contributed by atoms with Gasteiger partial charge in [0.25, 0.3) is 0 Å². The molecule has 158 valence electrons. The van der Waals surface area contributed by atoms with Gasteiger partial charge in [0.1, 0.15) is 0 Å². The molecule has 1 aliphatic rings. The summed E-state index contributed by atoms with van der Waals surface area (Å²) in [6.07, 6.45) is 0.0501. The Morgan fingerprint density at radius 1 is 0.967 bits per heavy atom. The number of carbonyl (C=O) groups excluding carboxylic acids is 2. The van der Waals surface area contributed by atoms with Gasteiger partial charge < -0.3 is 15.3 Å². The summed E-state index contributed by atoms with van der Waals surface area (Å²) in [4.78, 5) is 38.3. The van der Waals surface area contributed by atoms with Crippen LogP contribution in [0.4, 0.5) is 10.5 Å². The zero-order valence-electron chi connectivity index (χ0n) is 17.6. The molecule has 0 radical (unpaired) electrons. The van der Waals surface area contributed by atoms with Gasteiger partial charge in [0.05, 0.1) is 0 Å². The molecule has 2 unspecified atom stereocenters. The van der Waals surface area contributed by atoms with Crippen molar-refractivity contribution in [2.45, 2.75) is 39.7 Å². The second-order valence-corrected chi connectivity index (χ2v) is 8.84. The van der Waals surface area contributed by atoms with Crippen molar-refractivity contribution < 1.29 is 19.5 Å². The van der Waals surface area contributed by atoms with E-state index in [2.05, 4.69) is 5.32 Å². The van der Waals surface area contributed by atoms with Crippen LogP contribution >= 0.6 is 0 Å². The summed E-state index contributed by atoms with van der Waals surface area (Å²) in [7, 11) is 0. The zero-order chi connectivity index (χ0) is 21.9. The monoisotopic (exact) mass is 408 g/mol. The molecule has 30 heavy (non-hydrogen) atoms. The smallest absolute Gasteiger partial charge is 0.407 e.